The van der Waals surface area contributed by atoms with Crippen LogP contribution in [0.5, 0.6) is 0 Å². The summed E-state index contributed by atoms with van der Waals surface area (Å²) in [6, 6.07) is 0. The van der Waals surface area contributed by atoms with Crippen molar-refractivity contribution in [2.75, 3.05) is 13.2 Å². The van der Waals surface area contributed by atoms with Crippen LogP contribution in [-0.2, 0) is 11.3 Å². The molecule has 0 radical (unpaired) electrons. The van der Waals surface area contributed by atoms with Gasteiger partial charge in [0.15, 0.2) is 5.03 Å². The molecule has 7 nitrogen and oxygen atoms in total. The summed E-state index contributed by atoms with van der Waals surface area (Å²) >= 11 is -2.66. The fourth-order valence-corrected chi connectivity index (χ4v) is 0.654. The van der Waals surface area contributed by atoms with Gasteiger partial charge in [0.1, 0.15) is 6.54 Å². The lowest BCUT2D eigenvalue weighted by molar-refractivity contribution is -0.620. The molecule has 2 N–H and O–H groups in total. The third kappa shape index (κ3) is 2.71. The number of rotatable bonds is 4. The lowest BCUT2D eigenvalue weighted by atomic mass is 10.7. The molecular weight excluding hydrogens is 164 g/mol. The topological polar surface area (TPSA) is 104 Å². The summed E-state index contributed by atoms with van der Waals surface area (Å²) in [4.78, 5) is 9.80. The third-order valence-electron chi connectivity index (χ3n) is 0.654. The van der Waals surface area contributed by atoms with Gasteiger partial charge in [0.25, 0.3) is 0 Å². The molecule has 10 heavy (non-hydrogen) atoms. The van der Waals surface area contributed by atoms with E-state index >= 15 is 0 Å². The molecule has 0 heterocycles. The number of aliphatic hydroxyl groups is 1. The van der Waals surface area contributed by atoms with Crippen molar-refractivity contribution in [1.29, 1.82) is 0 Å². The average Bonchev–Trinajstić information content (AvgIpc) is 1.81. The van der Waals surface area contributed by atoms with Gasteiger partial charge in [0.2, 0.25) is 0 Å². The maximum Gasteiger partial charge on any atom is 0.316 e. The first-order valence-electron chi connectivity index (χ1n) is 2.23. The second-order valence-electron chi connectivity index (χ2n) is 1.27. The number of hydrogen-bond donors (Lipinski definition) is 2. The largest absolute Gasteiger partial charge is 0.394 e. The normalized spacial score (nSPS) is 12.6. The van der Waals surface area contributed by atoms with Gasteiger partial charge in [0, 0.05) is 0 Å². The first kappa shape index (κ1) is 9.27. The Bertz CT molecular complexity index is 135. The highest BCUT2D eigenvalue weighted by molar-refractivity contribution is 7.76. The standard InChI is InChI=1S/C2H6N2O5S/c5-2-1-3(4(6)7)10(8)9/h5H,1-2H2,(H,8,9). The van der Waals surface area contributed by atoms with Crippen molar-refractivity contribution in [3.05, 3.63) is 10.1 Å². The number of aliphatic hydroxyl groups excluding tert-OH is 1. The van der Waals surface area contributed by atoms with Crippen LogP contribution in [0.3, 0.4) is 0 Å². The molecule has 0 aromatic carbocycles. The summed E-state index contributed by atoms with van der Waals surface area (Å²) in [6.45, 7) is -0.997. The van der Waals surface area contributed by atoms with E-state index in [1.807, 2.05) is 0 Å². The Morgan fingerprint density at radius 3 is 2.30 bits per heavy atom. The van der Waals surface area contributed by atoms with E-state index < -0.39 is 29.5 Å². The molecule has 60 valence electrons. The molecule has 0 fully saturated rings. The number of nitro groups is 1. The monoisotopic (exact) mass is 170 g/mol. The molecule has 0 aliphatic heterocycles. The zero-order chi connectivity index (χ0) is 8.15. The first-order chi connectivity index (χ1) is 4.59. The van der Waals surface area contributed by atoms with Crippen molar-refractivity contribution < 1.29 is 18.9 Å². The van der Waals surface area contributed by atoms with Crippen molar-refractivity contribution in [2.45, 2.75) is 0 Å². The van der Waals surface area contributed by atoms with Crippen molar-refractivity contribution in [3.63, 3.8) is 0 Å². The molecule has 0 aromatic heterocycles. The molecular formula is C2H6N2O5S. The number of hydrogen-bond acceptors (Lipinski definition) is 4. The van der Waals surface area contributed by atoms with Crippen molar-refractivity contribution in [3.8, 4) is 0 Å². The van der Waals surface area contributed by atoms with Gasteiger partial charge < -0.3 is 5.11 Å². The lowest BCUT2D eigenvalue weighted by Crippen LogP contribution is -2.33. The summed E-state index contributed by atoms with van der Waals surface area (Å²) in [5.74, 6) is 0. The van der Waals surface area contributed by atoms with Crippen molar-refractivity contribution in [2.24, 2.45) is 0 Å². The van der Waals surface area contributed by atoms with Crippen LogP contribution in [0.2, 0.25) is 0 Å². The Morgan fingerprint density at radius 1 is 1.70 bits per heavy atom. The Kier molecular flexibility index (Phi) is 3.84. The zero-order valence-corrected chi connectivity index (χ0v) is 5.65. The molecule has 0 rings (SSSR count). The second kappa shape index (κ2) is 4.14. The number of hydrazine groups is 1. The minimum absolute atomic E-state index is 0.0139. The zero-order valence-electron chi connectivity index (χ0n) is 4.84. The van der Waals surface area contributed by atoms with E-state index in [2.05, 4.69) is 0 Å². The highest BCUT2D eigenvalue weighted by Crippen LogP contribution is 1.89. The van der Waals surface area contributed by atoms with Gasteiger partial charge in [-0.2, -0.15) is 0 Å². The molecule has 0 aromatic rings. The van der Waals surface area contributed by atoms with Crippen LogP contribution >= 0.6 is 0 Å². The van der Waals surface area contributed by atoms with Gasteiger partial charge in [-0.1, -0.05) is 0 Å². The van der Waals surface area contributed by atoms with Gasteiger partial charge in [-0.25, -0.2) is 14.3 Å². The van der Waals surface area contributed by atoms with Gasteiger partial charge in [0.05, 0.1) is 6.61 Å². The fraction of sp³-hybridized carbons (Fsp3) is 1.00. The molecule has 0 aliphatic rings. The third-order valence-corrected chi connectivity index (χ3v) is 1.33. The summed E-state index contributed by atoms with van der Waals surface area (Å²) in [7, 11) is 0. The molecule has 0 saturated carbocycles. The van der Waals surface area contributed by atoms with Crippen LogP contribution in [-0.4, -0.2) is 36.5 Å². The lowest BCUT2D eigenvalue weighted by Gasteiger charge is -2.05. The number of nitrogens with zero attached hydrogens (tertiary/aromatic N) is 2. The minimum Gasteiger partial charge on any atom is -0.394 e. The maximum absolute atomic E-state index is 10.0. The Balaban J connectivity index is 3.98. The maximum atomic E-state index is 10.0. The molecule has 1 unspecified atom stereocenters. The molecule has 0 spiro atoms. The summed E-state index contributed by atoms with van der Waals surface area (Å²) in [5.41, 5.74) is 0. The van der Waals surface area contributed by atoms with Crippen LogP contribution in [0.4, 0.5) is 0 Å². The summed E-state index contributed by atoms with van der Waals surface area (Å²) in [5, 5.41) is 16.9. The quantitative estimate of drug-likeness (QED) is 0.307. The van der Waals surface area contributed by atoms with Crippen LogP contribution in [0.15, 0.2) is 0 Å². The van der Waals surface area contributed by atoms with E-state index in [0.717, 1.165) is 0 Å². The van der Waals surface area contributed by atoms with E-state index in [1.54, 1.807) is 0 Å². The molecule has 0 saturated heterocycles. The van der Waals surface area contributed by atoms with E-state index in [0.29, 0.717) is 0 Å². The molecule has 8 heteroatoms. The van der Waals surface area contributed by atoms with Gasteiger partial charge >= 0.3 is 11.3 Å². The van der Waals surface area contributed by atoms with E-state index in [9.17, 15) is 14.3 Å². The van der Waals surface area contributed by atoms with Gasteiger partial charge in [-0.3, -0.25) is 4.55 Å². The average molecular weight is 170 g/mol. The Labute approximate surface area is 58.8 Å². The van der Waals surface area contributed by atoms with Gasteiger partial charge in [-0.15, -0.1) is 0 Å². The van der Waals surface area contributed by atoms with E-state index in [-0.39, 0.29) is 4.41 Å². The molecule has 0 aliphatic carbocycles. The SMILES string of the molecule is O=[N+]([O-])N(CCO)S(=O)O. The van der Waals surface area contributed by atoms with E-state index in [1.165, 1.54) is 0 Å². The fourth-order valence-electron chi connectivity index (χ4n) is 0.302. The van der Waals surface area contributed by atoms with Crippen molar-refractivity contribution in [1.82, 2.24) is 4.41 Å². The summed E-state index contributed by atoms with van der Waals surface area (Å²) in [6.07, 6.45) is 0. The highest BCUT2D eigenvalue weighted by Gasteiger charge is 2.19. The van der Waals surface area contributed by atoms with Crippen LogP contribution < -0.4 is 0 Å². The molecule has 1 atom stereocenters. The smallest absolute Gasteiger partial charge is 0.316 e. The predicted octanol–water partition coefficient (Wildman–Crippen LogP) is -1.39. The minimum atomic E-state index is -2.66. The molecule has 0 amide bonds. The second-order valence-corrected chi connectivity index (χ2v) is 2.15. The Hall–Kier alpha value is -0.730. The van der Waals surface area contributed by atoms with Crippen molar-refractivity contribution >= 4 is 11.3 Å². The van der Waals surface area contributed by atoms with Crippen LogP contribution in [0, 0.1) is 10.1 Å². The summed E-state index contributed by atoms with van der Waals surface area (Å²) < 4.78 is 18.2. The van der Waals surface area contributed by atoms with Crippen LogP contribution in [0.25, 0.3) is 0 Å². The molecule has 0 bridgehead atoms. The van der Waals surface area contributed by atoms with E-state index in [4.69, 9.17) is 9.66 Å². The van der Waals surface area contributed by atoms with Crippen LogP contribution in [0.1, 0.15) is 0 Å². The van der Waals surface area contributed by atoms with Gasteiger partial charge in [-0.05, 0) is 4.41 Å². The Morgan fingerprint density at radius 2 is 2.20 bits per heavy atom. The first-order valence-corrected chi connectivity index (χ1v) is 3.29. The highest BCUT2D eigenvalue weighted by atomic mass is 32.2. The predicted molar refractivity (Wildman–Crippen MR) is 31.6 cm³/mol.